The van der Waals surface area contributed by atoms with Crippen LogP contribution in [-0.4, -0.2) is 96.1 Å². The summed E-state index contributed by atoms with van der Waals surface area (Å²) >= 11 is 0. The van der Waals surface area contributed by atoms with Gasteiger partial charge in [-0.3, -0.25) is 24.0 Å². The monoisotopic (exact) mass is 745 g/mol. The van der Waals surface area contributed by atoms with E-state index >= 15 is 0 Å². The zero-order chi connectivity index (χ0) is 40.5. The van der Waals surface area contributed by atoms with Crippen molar-refractivity contribution in [3.8, 4) is 0 Å². The van der Waals surface area contributed by atoms with Crippen molar-refractivity contribution in [1.29, 1.82) is 0 Å². The van der Waals surface area contributed by atoms with Gasteiger partial charge in [0.2, 0.25) is 23.6 Å². The number of anilines is 1. The largest absolute Gasteiger partial charge is 0.445 e. The number of hydrogen-bond acceptors (Lipinski definition) is 8. The van der Waals surface area contributed by atoms with E-state index in [-0.39, 0.29) is 55.0 Å². The van der Waals surface area contributed by atoms with Crippen molar-refractivity contribution in [3.05, 3.63) is 29.8 Å². The summed E-state index contributed by atoms with van der Waals surface area (Å²) < 4.78 is 5.54. The lowest BCUT2D eigenvalue weighted by atomic mass is 9.81. The molecule has 7 amide bonds. The van der Waals surface area contributed by atoms with Crippen LogP contribution >= 0.6 is 0 Å². The Kier molecular flexibility index (Phi) is 19.6. The van der Waals surface area contributed by atoms with Crippen molar-refractivity contribution in [2.24, 2.45) is 23.0 Å². The van der Waals surface area contributed by atoms with E-state index in [0.717, 1.165) is 12.8 Å². The molecular weight excluding hydrogens is 682 g/mol. The Hall–Kier alpha value is -4.69. The molecule has 1 fully saturated rings. The summed E-state index contributed by atoms with van der Waals surface area (Å²) in [6.07, 6.45) is 1.95. The highest BCUT2D eigenvalue weighted by atomic mass is 16.6. The Morgan fingerprint density at radius 3 is 2.15 bits per heavy atom. The number of carbonyl (C=O) groups is 7. The predicted molar refractivity (Wildman–Crippen MR) is 203 cm³/mol. The number of primary amides is 1. The van der Waals surface area contributed by atoms with E-state index in [1.807, 2.05) is 13.8 Å². The van der Waals surface area contributed by atoms with Gasteiger partial charge in [0.15, 0.2) is 0 Å². The van der Waals surface area contributed by atoms with Gasteiger partial charge in [-0.1, -0.05) is 60.6 Å². The molecule has 15 heteroatoms. The Morgan fingerprint density at radius 2 is 1.60 bits per heavy atom. The lowest BCUT2D eigenvalue weighted by Crippen LogP contribution is -2.56. The van der Waals surface area contributed by atoms with E-state index in [1.165, 1.54) is 13.8 Å². The molecule has 0 saturated carbocycles. The number of amides is 7. The number of nitrogens with one attached hydrogen (secondary N) is 4. The van der Waals surface area contributed by atoms with Gasteiger partial charge in [0.1, 0.15) is 24.5 Å². The summed E-state index contributed by atoms with van der Waals surface area (Å²) in [6, 6.07) is 3.91. The van der Waals surface area contributed by atoms with E-state index in [9.17, 15) is 33.6 Å². The van der Waals surface area contributed by atoms with Crippen molar-refractivity contribution >= 4 is 47.2 Å². The second-order valence-corrected chi connectivity index (χ2v) is 14.4. The molecule has 4 atom stereocenters. The van der Waals surface area contributed by atoms with Crippen LogP contribution in [0.1, 0.15) is 100.0 Å². The highest BCUT2D eigenvalue weighted by Gasteiger charge is 2.36. The number of ketones is 1. The fourth-order valence-electron chi connectivity index (χ4n) is 5.77. The van der Waals surface area contributed by atoms with Crippen LogP contribution < -0.4 is 27.0 Å². The van der Waals surface area contributed by atoms with E-state index < -0.39 is 41.4 Å². The first-order chi connectivity index (χ1) is 24.8. The smallest absolute Gasteiger partial charge is 0.410 e. The fraction of sp³-hybridized carbons (Fsp3) is 0.658. The molecule has 0 spiro atoms. The third-order valence-corrected chi connectivity index (χ3v) is 9.18. The number of hydrogen-bond donors (Lipinski definition) is 5. The van der Waals surface area contributed by atoms with Crippen LogP contribution in [0.2, 0.25) is 0 Å². The Morgan fingerprint density at radius 1 is 0.981 bits per heavy atom. The maximum absolute atomic E-state index is 13.5. The van der Waals surface area contributed by atoms with Crippen LogP contribution in [0.25, 0.3) is 0 Å². The average Bonchev–Trinajstić information content (AvgIpc) is 3.56. The summed E-state index contributed by atoms with van der Waals surface area (Å²) in [5.74, 6) is -2.22. The number of benzene rings is 1. The van der Waals surface area contributed by atoms with Gasteiger partial charge < -0.3 is 41.5 Å². The highest BCUT2D eigenvalue weighted by molar-refractivity contribution is 5.98. The minimum atomic E-state index is -1.02. The van der Waals surface area contributed by atoms with Crippen molar-refractivity contribution in [3.63, 3.8) is 0 Å². The number of carbonyl (C=O) groups excluding carboxylic acids is 7. The van der Waals surface area contributed by atoms with Crippen LogP contribution in [0, 0.1) is 17.3 Å². The fourth-order valence-corrected chi connectivity index (χ4v) is 5.77. The van der Waals surface area contributed by atoms with Crippen LogP contribution in [0.15, 0.2) is 24.3 Å². The molecule has 2 unspecified atom stereocenters. The van der Waals surface area contributed by atoms with E-state index in [2.05, 4.69) is 21.3 Å². The standard InChI is InChI=1S/C36H57N7O8.C2H6/c1-22(2)30(41-33(48)36(6,7)19-23(3)24(4)44)32(47)40-29(12-9-17-38-34(37)49)31(46)39-27-15-13-26(14-16-27)21-51-35(50)43-18-10-11-28(43)20-42(8)25(5)45;1-2/h13-16,22-23,28-30H,9-12,17-21H2,1-8H3,(H,39,46)(H,40,47)(H,41,48)(H3,37,38,49);1-2H3/t23?,28-,29-,30?;/m0./s1. The third-order valence-electron chi connectivity index (χ3n) is 9.18. The molecule has 1 aromatic rings. The predicted octanol–water partition coefficient (Wildman–Crippen LogP) is 3.95. The van der Waals surface area contributed by atoms with Gasteiger partial charge in [0.25, 0.3) is 0 Å². The molecule has 0 aromatic heterocycles. The molecule has 1 aliphatic rings. The molecule has 15 nitrogen and oxygen atoms in total. The van der Waals surface area contributed by atoms with E-state index in [4.69, 9.17) is 10.5 Å². The average molecular weight is 746 g/mol. The molecule has 1 heterocycles. The van der Waals surface area contributed by atoms with Gasteiger partial charge in [-0.05, 0) is 62.6 Å². The number of likely N-dealkylation sites (N-methyl/N-ethyl adjacent to an activating group) is 1. The second kappa shape index (κ2) is 22.4. The number of ether oxygens (including phenoxy) is 1. The SMILES string of the molecule is CC.CC(=O)C(C)CC(C)(C)C(=O)NC(C(=O)N[C@@H](CCCNC(N)=O)C(=O)Nc1ccc(COC(=O)N2CCC[C@H]2CN(C)C(C)=O)cc1)C(C)C. The summed E-state index contributed by atoms with van der Waals surface area (Å²) in [4.78, 5) is 90.9. The molecule has 1 aromatic carbocycles. The number of nitrogens with zero attached hydrogens (tertiary/aromatic N) is 2. The number of rotatable bonds is 18. The summed E-state index contributed by atoms with van der Waals surface area (Å²) in [7, 11) is 1.70. The van der Waals surface area contributed by atoms with Gasteiger partial charge in [0, 0.05) is 50.6 Å². The van der Waals surface area contributed by atoms with E-state index in [0.29, 0.717) is 37.2 Å². The number of urea groups is 1. The lowest BCUT2D eigenvalue weighted by molar-refractivity contribution is -0.137. The maximum atomic E-state index is 13.5. The Bertz CT molecular complexity index is 1400. The van der Waals surface area contributed by atoms with Crippen molar-refractivity contribution < 1.29 is 38.3 Å². The van der Waals surface area contributed by atoms with Crippen molar-refractivity contribution in [1.82, 2.24) is 25.8 Å². The van der Waals surface area contributed by atoms with Crippen LogP contribution in [-0.2, 0) is 35.3 Å². The van der Waals surface area contributed by atoms with Gasteiger partial charge in [0.05, 0.1) is 6.04 Å². The Labute approximate surface area is 314 Å². The quantitative estimate of drug-likeness (QED) is 0.139. The van der Waals surface area contributed by atoms with Gasteiger partial charge >= 0.3 is 12.1 Å². The number of likely N-dealkylation sites (tertiary alicyclic amines) is 1. The first kappa shape index (κ1) is 46.3. The van der Waals surface area contributed by atoms with Crippen LogP contribution in [0.3, 0.4) is 0 Å². The number of Topliss-reactive ketones (excluding diaryl/α,β-unsaturated/α-hetero) is 1. The molecule has 298 valence electrons. The maximum Gasteiger partial charge on any atom is 0.410 e. The summed E-state index contributed by atoms with van der Waals surface area (Å²) in [6.45, 7) is 16.9. The molecule has 53 heavy (non-hydrogen) atoms. The third kappa shape index (κ3) is 15.8. The molecule has 0 aliphatic carbocycles. The Balaban J connectivity index is 0.00000690. The normalized spacial score (nSPS) is 15.5. The molecule has 6 N–H and O–H groups in total. The second-order valence-electron chi connectivity index (χ2n) is 14.4. The zero-order valence-electron chi connectivity index (χ0n) is 33.3. The van der Waals surface area contributed by atoms with Crippen molar-refractivity contribution in [2.45, 2.75) is 119 Å². The van der Waals surface area contributed by atoms with E-state index in [1.54, 1.807) is 75.7 Å². The van der Waals surface area contributed by atoms with Gasteiger partial charge in [-0.25, -0.2) is 9.59 Å². The minimum absolute atomic E-state index is 0.0111. The first-order valence-electron chi connectivity index (χ1n) is 18.5. The van der Waals surface area contributed by atoms with Crippen molar-refractivity contribution in [2.75, 3.05) is 32.0 Å². The van der Waals surface area contributed by atoms with Gasteiger partial charge in [-0.15, -0.1) is 0 Å². The topological polar surface area (TPSA) is 209 Å². The molecule has 0 bridgehead atoms. The molecule has 1 saturated heterocycles. The minimum Gasteiger partial charge on any atom is -0.445 e. The number of nitrogens with two attached hydrogens (primary N) is 1. The molecular formula is C38H63N7O8. The summed E-state index contributed by atoms with van der Waals surface area (Å²) in [5.41, 5.74) is 5.37. The highest BCUT2D eigenvalue weighted by Crippen LogP contribution is 2.27. The molecule has 2 rings (SSSR count). The lowest BCUT2D eigenvalue weighted by Gasteiger charge is -2.31. The first-order valence-corrected chi connectivity index (χ1v) is 18.5. The molecule has 1 aliphatic heterocycles. The van der Waals surface area contributed by atoms with Crippen LogP contribution in [0.5, 0.6) is 0 Å². The molecule has 0 radical (unpaired) electrons. The summed E-state index contributed by atoms with van der Waals surface area (Å²) in [5, 5.41) is 10.8. The van der Waals surface area contributed by atoms with Crippen LogP contribution in [0.4, 0.5) is 15.3 Å². The zero-order valence-corrected chi connectivity index (χ0v) is 33.3. The van der Waals surface area contributed by atoms with Gasteiger partial charge in [-0.2, -0.15) is 0 Å².